The number of rotatable bonds is 7. The molecule has 0 spiro atoms. The van der Waals surface area contributed by atoms with E-state index in [2.05, 4.69) is 34.1 Å². The van der Waals surface area contributed by atoms with Crippen LogP contribution in [0.1, 0.15) is 59.8 Å². The summed E-state index contributed by atoms with van der Waals surface area (Å²) in [7, 11) is 0. The van der Waals surface area contributed by atoms with Crippen LogP contribution in [0.2, 0.25) is 0 Å². The molecule has 1 radical (unpaired) electrons. The summed E-state index contributed by atoms with van der Waals surface area (Å²) in [6.07, 6.45) is 9.19. The van der Waals surface area contributed by atoms with Gasteiger partial charge in [-0.25, -0.2) is 0 Å². The van der Waals surface area contributed by atoms with Crippen molar-refractivity contribution in [2.24, 2.45) is 11.8 Å². The van der Waals surface area contributed by atoms with Crippen molar-refractivity contribution in [1.82, 2.24) is 0 Å². The van der Waals surface area contributed by atoms with Crippen molar-refractivity contribution >= 4 is 0 Å². The van der Waals surface area contributed by atoms with Crippen molar-refractivity contribution in [2.75, 3.05) is 0 Å². The van der Waals surface area contributed by atoms with Crippen molar-refractivity contribution in [3.63, 3.8) is 0 Å². The maximum Gasteiger partial charge on any atom is -0.0383 e. The second-order valence-corrected chi connectivity index (χ2v) is 4.36. The first-order valence-corrected chi connectivity index (χ1v) is 5.48. The first kappa shape index (κ1) is 12.0. The van der Waals surface area contributed by atoms with Gasteiger partial charge in [0.1, 0.15) is 0 Å². The van der Waals surface area contributed by atoms with Crippen LogP contribution in [-0.4, -0.2) is 0 Å². The maximum absolute atomic E-state index is 2.47. The molecule has 0 aromatic rings. The predicted molar refractivity (Wildman–Crippen MR) is 57.1 cm³/mol. The topological polar surface area (TPSA) is 0 Å². The van der Waals surface area contributed by atoms with Crippen LogP contribution in [0.15, 0.2) is 0 Å². The number of hydrogen-bond acceptors (Lipinski definition) is 0. The molecule has 0 saturated carbocycles. The average Bonchev–Trinajstić information content (AvgIpc) is 2.03. The van der Waals surface area contributed by atoms with Crippen LogP contribution in [0.3, 0.4) is 0 Å². The number of hydrogen-bond donors (Lipinski definition) is 0. The van der Waals surface area contributed by atoms with Gasteiger partial charge in [0.25, 0.3) is 0 Å². The fourth-order valence-electron chi connectivity index (χ4n) is 1.24. The third-order valence-electron chi connectivity index (χ3n) is 2.46. The van der Waals surface area contributed by atoms with E-state index in [0.717, 1.165) is 11.8 Å². The molecule has 0 nitrogen and oxygen atoms in total. The summed E-state index contributed by atoms with van der Waals surface area (Å²) in [6.45, 7) is 9.20. The molecule has 0 aromatic carbocycles. The molecule has 0 saturated heterocycles. The second-order valence-electron chi connectivity index (χ2n) is 4.36. The van der Waals surface area contributed by atoms with Crippen LogP contribution in [0.5, 0.6) is 0 Å². The third-order valence-corrected chi connectivity index (χ3v) is 2.46. The maximum atomic E-state index is 2.47. The van der Waals surface area contributed by atoms with Crippen LogP contribution in [0, 0.1) is 18.3 Å². The van der Waals surface area contributed by atoms with Crippen molar-refractivity contribution < 1.29 is 0 Å². The van der Waals surface area contributed by atoms with Gasteiger partial charge in [-0.15, -0.1) is 0 Å². The fraction of sp³-hybridized carbons (Fsp3) is 0.917. The van der Waals surface area contributed by atoms with Crippen LogP contribution in [-0.2, 0) is 0 Å². The molecular weight excluding hydrogens is 144 g/mol. The first-order valence-electron chi connectivity index (χ1n) is 5.48. The minimum absolute atomic E-state index is 0.877. The standard InChI is InChI=1S/C12H25/c1-5-12(4)10-8-6-7-9-11(2)3/h8,11-12H,5-7,9-10H2,1-4H3. The molecule has 12 heavy (non-hydrogen) atoms. The molecule has 0 fully saturated rings. The lowest BCUT2D eigenvalue weighted by atomic mass is 9.99. The van der Waals surface area contributed by atoms with E-state index in [1.807, 2.05) is 0 Å². The van der Waals surface area contributed by atoms with Gasteiger partial charge in [-0.2, -0.15) is 0 Å². The molecule has 1 unspecified atom stereocenters. The smallest absolute Gasteiger partial charge is 0.0383 e. The Labute approximate surface area is 78.8 Å². The molecule has 0 bridgehead atoms. The van der Waals surface area contributed by atoms with Gasteiger partial charge in [0.2, 0.25) is 0 Å². The van der Waals surface area contributed by atoms with E-state index in [0.29, 0.717) is 0 Å². The van der Waals surface area contributed by atoms with Crippen molar-refractivity contribution in [3.05, 3.63) is 6.42 Å². The molecule has 0 aliphatic rings. The van der Waals surface area contributed by atoms with Gasteiger partial charge in [-0.1, -0.05) is 53.4 Å². The Morgan fingerprint density at radius 2 is 1.83 bits per heavy atom. The van der Waals surface area contributed by atoms with Crippen LogP contribution in [0.25, 0.3) is 0 Å². The van der Waals surface area contributed by atoms with Crippen molar-refractivity contribution in [3.8, 4) is 0 Å². The molecule has 0 N–H and O–H groups in total. The highest BCUT2D eigenvalue weighted by Crippen LogP contribution is 2.13. The predicted octanol–water partition coefficient (Wildman–Crippen LogP) is 4.45. The Morgan fingerprint density at radius 1 is 1.17 bits per heavy atom. The highest BCUT2D eigenvalue weighted by atomic mass is 14.0. The molecule has 0 heteroatoms. The summed E-state index contributed by atoms with van der Waals surface area (Å²) in [5.41, 5.74) is 0. The SMILES string of the molecule is CCC(C)C[CH]CCCC(C)C. The van der Waals surface area contributed by atoms with E-state index in [1.165, 1.54) is 32.1 Å². The summed E-state index contributed by atoms with van der Waals surface area (Å²) in [4.78, 5) is 0. The van der Waals surface area contributed by atoms with E-state index in [9.17, 15) is 0 Å². The zero-order valence-electron chi connectivity index (χ0n) is 9.27. The van der Waals surface area contributed by atoms with Gasteiger partial charge in [-0.05, 0) is 24.7 Å². The van der Waals surface area contributed by atoms with Gasteiger partial charge in [-0.3, -0.25) is 0 Å². The quantitative estimate of drug-likeness (QED) is 0.494. The third kappa shape index (κ3) is 8.10. The Hall–Kier alpha value is 0. The van der Waals surface area contributed by atoms with Gasteiger partial charge in [0.15, 0.2) is 0 Å². The summed E-state index contributed by atoms with van der Waals surface area (Å²) >= 11 is 0. The summed E-state index contributed by atoms with van der Waals surface area (Å²) < 4.78 is 0. The van der Waals surface area contributed by atoms with Crippen molar-refractivity contribution in [2.45, 2.75) is 59.8 Å². The van der Waals surface area contributed by atoms with Gasteiger partial charge < -0.3 is 0 Å². The first-order chi connectivity index (χ1) is 5.66. The average molecular weight is 169 g/mol. The van der Waals surface area contributed by atoms with E-state index in [4.69, 9.17) is 0 Å². The largest absolute Gasteiger partial charge is 0.0651 e. The monoisotopic (exact) mass is 169 g/mol. The molecule has 1 atom stereocenters. The summed E-state index contributed by atoms with van der Waals surface area (Å²) in [6, 6.07) is 0. The normalized spacial score (nSPS) is 13.8. The van der Waals surface area contributed by atoms with Crippen LogP contribution < -0.4 is 0 Å². The highest BCUT2D eigenvalue weighted by Gasteiger charge is 1.99. The lowest BCUT2D eigenvalue weighted by Crippen LogP contribution is -1.93. The molecule has 0 aromatic heterocycles. The van der Waals surface area contributed by atoms with Gasteiger partial charge in [0.05, 0.1) is 0 Å². The zero-order chi connectivity index (χ0) is 9.40. The Bertz CT molecular complexity index is 84.0. The fourth-order valence-corrected chi connectivity index (χ4v) is 1.24. The highest BCUT2D eigenvalue weighted by molar-refractivity contribution is 4.68. The number of unbranched alkanes of at least 4 members (excludes halogenated alkanes) is 2. The minimum atomic E-state index is 0.877. The molecule has 0 aliphatic carbocycles. The molecule has 0 heterocycles. The van der Waals surface area contributed by atoms with E-state index < -0.39 is 0 Å². The Morgan fingerprint density at radius 3 is 2.33 bits per heavy atom. The zero-order valence-corrected chi connectivity index (χ0v) is 9.27. The Kier molecular flexibility index (Phi) is 7.64. The van der Waals surface area contributed by atoms with E-state index in [1.54, 1.807) is 0 Å². The molecule has 0 amide bonds. The summed E-state index contributed by atoms with van der Waals surface area (Å²) in [5, 5.41) is 0. The summed E-state index contributed by atoms with van der Waals surface area (Å²) in [5.74, 6) is 1.77. The van der Waals surface area contributed by atoms with Crippen molar-refractivity contribution in [1.29, 1.82) is 0 Å². The second kappa shape index (κ2) is 7.64. The van der Waals surface area contributed by atoms with Gasteiger partial charge >= 0.3 is 0 Å². The molecule has 0 aliphatic heterocycles. The molecule has 0 rings (SSSR count). The van der Waals surface area contributed by atoms with E-state index >= 15 is 0 Å². The van der Waals surface area contributed by atoms with Crippen LogP contribution >= 0.6 is 0 Å². The molecular formula is C12H25. The lowest BCUT2D eigenvalue weighted by molar-refractivity contribution is 0.514. The van der Waals surface area contributed by atoms with Gasteiger partial charge in [0, 0.05) is 0 Å². The Balaban J connectivity index is 3.00. The molecule has 73 valence electrons. The minimum Gasteiger partial charge on any atom is -0.0651 e. The van der Waals surface area contributed by atoms with Crippen LogP contribution in [0.4, 0.5) is 0 Å². The lowest BCUT2D eigenvalue weighted by Gasteiger charge is -2.07. The van der Waals surface area contributed by atoms with E-state index in [-0.39, 0.29) is 0 Å².